The van der Waals surface area contributed by atoms with E-state index in [0.717, 1.165) is 12.2 Å². The zero-order valence-corrected chi connectivity index (χ0v) is 12.0. The van der Waals surface area contributed by atoms with Gasteiger partial charge in [-0.1, -0.05) is 20.8 Å². The molecule has 17 heavy (non-hydrogen) atoms. The SMILES string of the molecule is Cc1nn(C)cc1C(CN)N(C)CC(C)(C)C. The summed E-state index contributed by atoms with van der Waals surface area (Å²) in [5, 5.41) is 4.39. The first-order valence-corrected chi connectivity index (χ1v) is 6.15. The number of hydrogen-bond donors (Lipinski definition) is 1. The Morgan fingerprint density at radius 1 is 1.47 bits per heavy atom. The van der Waals surface area contributed by atoms with E-state index in [1.54, 1.807) is 0 Å². The van der Waals surface area contributed by atoms with Crippen LogP contribution in [0.3, 0.4) is 0 Å². The Morgan fingerprint density at radius 2 is 2.06 bits per heavy atom. The molecule has 1 unspecified atom stereocenters. The molecule has 4 heteroatoms. The molecule has 1 rings (SSSR count). The summed E-state index contributed by atoms with van der Waals surface area (Å²) in [5.74, 6) is 0. The Hall–Kier alpha value is -0.870. The molecule has 98 valence electrons. The van der Waals surface area contributed by atoms with Crippen LogP contribution in [-0.2, 0) is 7.05 Å². The van der Waals surface area contributed by atoms with Gasteiger partial charge < -0.3 is 5.73 Å². The van der Waals surface area contributed by atoms with Crippen LogP contribution in [0.5, 0.6) is 0 Å². The lowest BCUT2D eigenvalue weighted by molar-refractivity contribution is 0.175. The van der Waals surface area contributed by atoms with E-state index in [1.807, 2.05) is 18.7 Å². The molecule has 1 heterocycles. The first-order chi connectivity index (χ1) is 7.74. The van der Waals surface area contributed by atoms with E-state index in [2.05, 4.69) is 44.0 Å². The van der Waals surface area contributed by atoms with Gasteiger partial charge in [0.15, 0.2) is 0 Å². The molecule has 1 aromatic rings. The fourth-order valence-electron chi connectivity index (χ4n) is 2.35. The third kappa shape index (κ3) is 3.82. The van der Waals surface area contributed by atoms with E-state index in [4.69, 9.17) is 5.73 Å². The van der Waals surface area contributed by atoms with E-state index in [0.29, 0.717) is 6.54 Å². The van der Waals surface area contributed by atoms with Crippen LogP contribution in [0.4, 0.5) is 0 Å². The van der Waals surface area contributed by atoms with Crippen LogP contribution in [0.25, 0.3) is 0 Å². The van der Waals surface area contributed by atoms with Gasteiger partial charge in [0.25, 0.3) is 0 Å². The monoisotopic (exact) mass is 238 g/mol. The first-order valence-electron chi connectivity index (χ1n) is 6.15. The summed E-state index contributed by atoms with van der Waals surface area (Å²) in [5.41, 5.74) is 8.51. The first kappa shape index (κ1) is 14.2. The number of nitrogens with two attached hydrogens (primary N) is 1. The van der Waals surface area contributed by atoms with Crippen molar-refractivity contribution in [1.82, 2.24) is 14.7 Å². The smallest absolute Gasteiger partial charge is 0.0641 e. The van der Waals surface area contributed by atoms with Crippen molar-refractivity contribution in [1.29, 1.82) is 0 Å². The second-order valence-electron chi connectivity index (χ2n) is 6.07. The summed E-state index contributed by atoms with van der Waals surface area (Å²) < 4.78 is 1.86. The summed E-state index contributed by atoms with van der Waals surface area (Å²) in [4.78, 5) is 2.32. The normalized spacial score (nSPS) is 14.4. The number of aryl methyl sites for hydroxylation is 2. The minimum absolute atomic E-state index is 0.253. The molecule has 0 aliphatic heterocycles. The van der Waals surface area contributed by atoms with E-state index in [9.17, 15) is 0 Å². The number of rotatable bonds is 4. The highest BCUT2D eigenvalue weighted by molar-refractivity contribution is 5.20. The van der Waals surface area contributed by atoms with E-state index < -0.39 is 0 Å². The summed E-state index contributed by atoms with van der Waals surface area (Å²) in [6.45, 7) is 10.4. The second-order valence-corrected chi connectivity index (χ2v) is 6.07. The van der Waals surface area contributed by atoms with Crippen LogP contribution >= 0.6 is 0 Å². The Balaban J connectivity index is 2.88. The van der Waals surface area contributed by atoms with Gasteiger partial charge in [0.1, 0.15) is 0 Å². The molecule has 0 bridgehead atoms. The molecule has 0 fully saturated rings. The maximum absolute atomic E-state index is 5.92. The van der Waals surface area contributed by atoms with Crippen LogP contribution in [0.1, 0.15) is 38.1 Å². The standard InChI is InChI=1S/C13H26N4/c1-10-11(8-17(6)15-10)12(7-14)16(5)9-13(2,3)4/h8,12H,7,9,14H2,1-6H3. The molecule has 4 nitrogen and oxygen atoms in total. The topological polar surface area (TPSA) is 47.1 Å². The van der Waals surface area contributed by atoms with Crippen molar-refractivity contribution in [3.63, 3.8) is 0 Å². The van der Waals surface area contributed by atoms with Crippen molar-refractivity contribution in [3.8, 4) is 0 Å². The molecule has 0 spiro atoms. The maximum Gasteiger partial charge on any atom is 0.0641 e. The Bertz CT molecular complexity index is 362. The second kappa shape index (κ2) is 5.19. The fraction of sp³-hybridized carbons (Fsp3) is 0.769. The maximum atomic E-state index is 5.92. The summed E-state index contributed by atoms with van der Waals surface area (Å²) in [6.07, 6.45) is 2.08. The predicted molar refractivity (Wildman–Crippen MR) is 71.8 cm³/mol. The molecule has 0 aliphatic rings. The van der Waals surface area contributed by atoms with Crippen LogP contribution in [0, 0.1) is 12.3 Å². The highest BCUT2D eigenvalue weighted by atomic mass is 15.3. The van der Waals surface area contributed by atoms with Gasteiger partial charge in [-0.2, -0.15) is 5.10 Å². The van der Waals surface area contributed by atoms with Gasteiger partial charge in [0, 0.05) is 31.9 Å². The van der Waals surface area contributed by atoms with Gasteiger partial charge in [0.2, 0.25) is 0 Å². The fourth-order valence-corrected chi connectivity index (χ4v) is 2.35. The lowest BCUT2D eigenvalue weighted by atomic mass is 9.94. The van der Waals surface area contributed by atoms with Gasteiger partial charge in [0.05, 0.1) is 11.7 Å². The number of aromatic nitrogens is 2. The zero-order valence-electron chi connectivity index (χ0n) is 12.0. The van der Waals surface area contributed by atoms with Crippen LogP contribution < -0.4 is 5.73 Å². The molecular weight excluding hydrogens is 212 g/mol. The Morgan fingerprint density at radius 3 is 2.41 bits per heavy atom. The van der Waals surface area contributed by atoms with Gasteiger partial charge in [-0.05, 0) is 19.4 Å². The van der Waals surface area contributed by atoms with E-state index in [-0.39, 0.29) is 11.5 Å². The van der Waals surface area contributed by atoms with Crippen molar-refractivity contribution in [2.45, 2.75) is 33.7 Å². The highest BCUT2D eigenvalue weighted by Gasteiger charge is 2.23. The lowest BCUT2D eigenvalue weighted by Crippen LogP contribution is -2.36. The summed E-state index contributed by atoms with van der Waals surface area (Å²) in [7, 11) is 4.09. The number of likely N-dealkylation sites (N-methyl/N-ethyl adjacent to an activating group) is 1. The van der Waals surface area contributed by atoms with Crippen molar-refractivity contribution in [3.05, 3.63) is 17.5 Å². The highest BCUT2D eigenvalue weighted by Crippen LogP contribution is 2.24. The van der Waals surface area contributed by atoms with Crippen molar-refractivity contribution >= 4 is 0 Å². The lowest BCUT2D eigenvalue weighted by Gasteiger charge is -2.32. The predicted octanol–water partition coefficient (Wildman–Crippen LogP) is 1.71. The average Bonchev–Trinajstić information content (AvgIpc) is 2.43. The Labute approximate surface area is 105 Å². The quantitative estimate of drug-likeness (QED) is 0.868. The molecular formula is C13H26N4. The van der Waals surface area contributed by atoms with Crippen LogP contribution in [0.2, 0.25) is 0 Å². The van der Waals surface area contributed by atoms with Crippen molar-refractivity contribution < 1.29 is 0 Å². The molecule has 0 aromatic carbocycles. The average molecular weight is 238 g/mol. The van der Waals surface area contributed by atoms with Crippen molar-refractivity contribution in [2.75, 3.05) is 20.1 Å². The molecule has 1 aromatic heterocycles. The van der Waals surface area contributed by atoms with Gasteiger partial charge in [-0.15, -0.1) is 0 Å². The summed E-state index contributed by atoms with van der Waals surface area (Å²) in [6, 6.07) is 0.253. The molecule has 2 N–H and O–H groups in total. The van der Waals surface area contributed by atoms with Crippen LogP contribution in [-0.4, -0.2) is 34.8 Å². The summed E-state index contributed by atoms with van der Waals surface area (Å²) >= 11 is 0. The Kier molecular flexibility index (Phi) is 4.33. The minimum atomic E-state index is 0.253. The van der Waals surface area contributed by atoms with Crippen LogP contribution in [0.15, 0.2) is 6.20 Å². The van der Waals surface area contributed by atoms with E-state index >= 15 is 0 Å². The van der Waals surface area contributed by atoms with Crippen molar-refractivity contribution in [2.24, 2.45) is 18.2 Å². The minimum Gasteiger partial charge on any atom is -0.329 e. The molecule has 0 amide bonds. The zero-order chi connectivity index (χ0) is 13.2. The largest absolute Gasteiger partial charge is 0.329 e. The molecule has 0 radical (unpaired) electrons. The number of nitrogens with zero attached hydrogens (tertiary/aromatic N) is 3. The van der Waals surface area contributed by atoms with Gasteiger partial charge in [-0.25, -0.2) is 0 Å². The number of hydrogen-bond acceptors (Lipinski definition) is 3. The molecule has 0 saturated heterocycles. The third-order valence-corrected chi connectivity index (χ3v) is 2.89. The third-order valence-electron chi connectivity index (χ3n) is 2.89. The molecule has 1 atom stereocenters. The molecule has 0 aliphatic carbocycles. The van der Waals surface area contributed by atoms with Gasteiger partial charge >= 0.3 is 0 Å². The van der Waals surface area contributed by atoms with E-state index in [1.165, 1.54) is 5.56 Å². The molecule has 0 saturated carbocycles. The van der Waals surface area contributed by atoms with Gasteiger partial charge in [-0.3, -0.25) is 9.58 Å².